The van der Waals surface area contributed by atoms with Crippen LogP contribution in [0.15, 0.2) is 21.1 Å². The lowest BCUT2D eigenvalue weighted by atomic mass is 9.87. The highest BCUT2D eigenvalue weighted by molar-refractivity contribution is 9.11. The molecule has 2 rings (SSSR count). The van der Waals surface area contributed by atoms with E-state index in [1.54, 1.807) is 0 Å². The van der Waals surface area contributed by atoms with Gasteiger partial charge in [0.05, 0.1) is 15.6 Å². The van der Waals surface area contributed by atoms with E-state index in [1.807, 2.05) is 0 Å². The fourth-order valence-electron chi connectivity index (χ4n) is 2.63. The number of hydrogen-bond donors (Lipinski definition) is 0. The summed E-state index contributed by atoms with van der Waals surface area (Å²) in [5.74, 6) is 1.80. The van der Waals surface area contributed by atoms with Crippen LogP contribution in [0.3, 0.4) is 0 Å². The fraction of sp³-hybridized carbons (Fsp3) is 0.600. The van der Waals surface area contributed by atoms with Crippen LogP contribution in [0.2, 0.25) is 0 Å². The number of halogens is 3. The van der Waals surface area contributed by atoms with Crippen LogP contribution in [0.5, 0.6) is 5.75 Å². The van der Waals surface area contributed by atoms with Gasteiger partial charge in [-0.25, -0.2) is 0 Å². The molecule has 1 aliphatic carbocycles. The van der Waals surface area contributed by atoms with Crippen molar-refractivity contribution in [3.8, 4) is 5.75 Å². The van der Waals surface area contributed by atoms with Crippen molar-refractivity contribution < 1.29 is 4.74 Å². The maximum absolute atomic E-state index is 5.96. The zero-order valence-electron chi connectivity index (χ0n) is 10.9. The van der Waals surface area contributed by atoms with Crippen molar-refractivity contribution in [1.82, 2.24) is 0 Å². The Morgan fingerprint density at radius 2 is 1.68 bits per heavy atom. The summed E-state index contributed by atoms with van der Waals surface area (Å²) in [6.07, 6.45) is 8.17. The van der Waals surface area contributed by atoms with Crippen LogP contribution in [0.4, 0.5) is 0 Å². The molecule has 0 amide bonds. The molecule has 1 saturated carbocycles. The van der Waals surface area contributed by atoms with Crippen LogP contribution in [-0.2, 0) is 5.33 Å². The molecule has 0 N–H and O–H groups in total. The average molecular weight is 455 g/mol. The topological polar surface area (TPSA) is 9.23 Å². The average Bonchev–Trinajstić information content (AvgIpc) is 2.42. The maximum atomic E-state index is 5.96. The molecule has 1 aliphatic rings. The molecular formula is C15H19Br3O. The van der Waals surface area contributed by atoms with Crippen molar-refractivity contribution in [3.05, 3.63) is 26.6 Å². The van der Waals surface area contributed by atoms with Gasteiger partial charge in [0.25, 0.3) is 0 Å². The first-order chi connectivity index (χ1) is 9.20. The molecule has 1 fully saturated rings. The highest BCUT2D eigenvalue weighted by Gasteiger charge is 2.14. The predicted molar refractivity (Wildman–Crippen MR) is 91.2 cm³/mol. The number of rotatable bonds is 5. The van der Waals surface area contributed by atoms with Crippen LogP contribution in [-0.4, -0.2) is 6.61 Å². The smallest absolute Gasteiger partial charge is 0.147 e. The molecule has 1 aromatic rings. The van der Waals surface area contributed by atoms with Crippen LogP contribution >= 0.6 is 47.8 Å². The summed E-state index contributed by atoms with van der Waals surface area (Å²) in [4.78, 5) is 0. The number of alkyl halides is 1. The molecule has 1 nitrogen and oxygen atoms in total. The second-order valence-electron chi connectivity index (χ2n) is 5.16. The van der Waals surface area contributed by atoms with Gasteiger partial charge in [-0.05, 0) is 61.9 Å². The lowest BCUT2D eigenvalue weighted by Gasteiger charge is -2.21. The number of ether oxygens (including phenoxy) is 1. The second-order valence-corrected chi connectivity index (χ2v) is 7.43. The standard InChI is InChI=1S/C15H19Br3O/c16-10-12-8-13(17)15(14(18)9-12)19-7-6-11-4-2-1-3-5-11/h8-9,11H,1-7,10H2. The molecule has 0 unspecified atom stereocenters. The Labute approximate surface area is 140 Å². The van der Waals surface area contributed by atoms with E-state index in [2.05, 4.69) is 59.9 Å². The first kappa shape index (κ1) is 15.8. The molecule has 4 heteroatoms. The Kier molecular flexibility index (Phi) is 6.70. The van der Waals surface area contributed by atoms with Gasteiger partial charge in [-0.3, -0.25) is 0 Å². The first-order valence-corrected chi connectivity index (χ1v) is 9.58. The molecule has 0 radical (unpaired) electrons. The molecule has 0 aromatic heterocycles. The van der Waals surface area contributed by atoms with E-state index in [4.69, 9.17) is 4.74 Å². The highest BCUT2D eigenvalue weighted by atomic mass is 79.9. The summed E-state index contributed by atoms with van der Waals surface area (Å²) in [5.41, 5.74) is 1.23. The van der Waals surface area contributed by atoms with Crippen LogP contribution in [0, 0.1) is 5.92 Å². The van der Waals surface area contributed by atoms with Gasteiger partial charge in [-0.1, -0.05) is 48.0 Å². The zero-order valence-corrected chi connectivity index (χ0v) is 15.7. The molecule has 0 saturated heterocycles. The van der Waals surface area contributed by atoms with E-state index in [9.17, 15) is 0 Å². The number of hydrogen-bond acceptors (Lipinski definition) is 1. The van der Waals surface area contributed by atoms with Crippen LogP contribution < -0.4 is 4.74 Å². The van der Waals surface area contributed by atoms with E-state index in [1.165, 1.54) is 44.1 Å². The number of benzene rings is 1. The summed E-state index contributed by atoms with van der Waals surface area (Å²) < 4.78 is 8.02. The van der Waals surface area contributed by atoms with Crippen molar-refractivity contribution >= 4 is 47.8 Å². The van der Waals surface area contributed by atoms with Gasteiger partial charge < -0.3 is 4.74 Å². The van der Waals surface area contributed by atoms with Gasteiger partial charge >= 0.3 is 0 Å². The van der Waals surface area contributed by atoms with Gasteiger partial charge in [0, 0.05) is 5.33 Å². The lowest BCUT2D eigenvalue weighted by molar-refractivity contribution is 0.244. The minimum Gasteiger partial charge on any atom is -0.491 e. The highest BCUT2D eigenvalue weighted by Crippen LogP contribution is 2.36. The van der Waals surface area contributed by atoms with Crippen LogP contribution in [0.1, 0.15) is 44.1 Å². The lowest BCUT2D eigenvalue weighted by Crippen LogP contribution is -2.11. The molecule has 0 aliphatic heterocycles. The van der Waals surface area contributed by atoms with Crippen molar-refractivity contribution in [2.45, 2.75) is 43.9 Å². The first-order valence-electron chi connectivity index (χ1n) is 6.87. The largest absolute Gasteiger partial charge is 0.491 e. The Morgan fingerprint density at radius 1 is 1.05 bits per heavy atom. The van der Waals surface area contributed by atoms with E-state index in [0.29, 0.717) is 0 Å². The van der Waals surface area contributed by atoms with Gasteiger partial charge in [-0.2, -0.15) is 0 Å². The SMILES string of the molecule is BrCc1cc(Br)c(OCCC2CCCCC2)c(Br)c1. The maximum Gasteiger partial charge on any atom is 0.147 e. The third kappa shape index (κ3) is 4.75. The van der Waals surface area contributed by atoms with Crippen molar-refractivity contribution in [2.24, 2.45) is 5.92 Å². The minimum atomic E-state index is 0.815. The van der Waals surface area contributed by atoms with Gasteiger partial charge in [0.2, 0.25) is 0 Å². The monoisotopic (exact) mass is 452 g/mol. The molecule has 106 valence electrons. The summed E-state index contributed by atoms with van der Waals surface area (Å²) in [6.45, 7) is 0.815. The second kappa shape index (κ2) is 8.04. The van der Waals surface area contributed by atoms with Gasteiger partial charge in [0.15, 0.2) is 0 Å². The van der Waals surface area contributed by atoms with Crippen molar-refractivity contribution in [3.63, 3.8) is 0 Å². The summed E-state index contributed by atoms with van der Waals surface area (Å²) in [6, 6.07) is 4.21. The molecule has 0 atom stereocenters. The minimum absolute atomic E-state index is 0.815. The molecule has 0 spiro atoms. The Balaban J connectivity index is 1.88. The van der Waals surface area contributed by atoms with Crippen LogP contribution in [0.25, 0.3) is 0 Å². The van der Waals surface area contributed by atoms with Crippen molar-refractivity contribution in [2.75, 3.05) is 6.61 Å². The van der Waals surface area contributed by atoms with E-state index in [-0.39, 0.29) is 0 Å². The zero-order chi connectivity index (χ0) is 13.7. The Morgan fingerprint density at radius 3 is 2.26 bits per heavy atom. The Bertz CT molecular complexity index is 391. The molecule has 0 bridgehead atoms. The normalized spacial score (nSPS) is 16.6. The quantitative estimate of drug-likeness (QED) is 0.464. The van der Waals surface area contributed by atoms with Gasteiger partial charge in [-0.15, -0.1) is 0 Å². The van der Waals surface area contributed by atoms with E-state index in [0.717, 1.165) is 32.5 Å². The summed E-state index contributed by atoms with van der Waals surface area (Å²) >= 11 is 10.7. The third-order valence-corrected chi connectivity index (χ3v) is 5.54. The molecule has 19 heavy (non-hydrogen) atoms. The Hall–Kier alpha value is 0.460. The van der Waals surface area contributed by atoms with Crippen molar-refractivity contribution in [1.29, 1.82) is 0 Å². The molecular weight excluding hydrogens is 436 g/mol. The third-order valence-electron chi connectivity index (χ3n) is 3.71. The van der Waals surface area contributed by atoms with E-state index >= 15 is 0 Å². The fourth-order valence-corrected chi connectivity index (χ4v) is 4.46. The summed E-state index contributed by atoms with van der Waals surface area (Å²) in [5, 5.41) is 0.854. The summed E-state index contributed by atoms with van der Waals surface area (Å²) in [7, 11) is 0. The van der Waals surface area contributed by atoms with E-state index < -0.39 is 0 Å². The van der Waals surface area contributed by atoms with Gasteiger partial charge in [0.1, 0.15) is 5.75 Å². The predicted octanol–water partition coefficient (Wildman–Crippen LogP) is 6.46. The molecule has 1 aromatic carbocycles. The molecule has 0 heterocycles.